The fourth-order valence-corrected chi connectivity index (χ4v) is 1.72. The lowest BCUT2D eigenvalue weighted by atomic mass is 10.1. The van der Waals surface area contributed by atoms with Gasteiger partial charge in [0.1, 0.15) is 0 Å². The third kappa shape index (κ3) is 6.63. The van der Waals surface area contributed by atoms with Crippen molar-refractivity contribution >= 4 is 0 Å². The highest BCUT2D eigenvalue weighted by Crippen LogP contribution is 2.19. The molecule has 0 saturated carbocycles. The molecule has 0 spiro atoms. The molecular weight excluding hydrogens is 244 g/mol. The van der Waals surface area contributed by atoms with Crippen molar-refractivity contribution in [3.63, 3.8) is 0 Å². The van der Waals surface area contributed by atoms with Gasteiger partial charge in [0.25, 0.3) is 0 Å². The second kappa shape index (κ2) is 9.86. The molecule has 0 radical (unpaired) electrons. The van der Waals surface area contributed by atoms with Gasteiger partial charge in [-0.25, -0.2) is 0 Å². The second-order valence-electron chi connectivity index (χ2n) is 4.39. The summed E-state index contributed by atoms with van der Waals surface area (Å²) >= 11 is 0. The van der Waals surface area contributed by atoms with E-state index in [2.05, 4.69) is 4.98 Å². The molecule has 1 aromatic heterocycles. The van der Waals surface area contributed by atoms with E-state index in [1.165, 1.54) is 0 Å². The van der Waals surface area contributed by atoms with Crippen LogP contribution in [0.1, 0.15) is 25.0 Å². The summed E-state index contributed by atoms with van der Waals surface area (Å²) in [5.74, 6) is 0. The van der Waals surface area contributed by atoms with Gasteiger partial charge in [-0.2, -0.15) is 0 Å². The van der Waals surface area contributed by atoms with Crippen molar-refractivity contribution < 1.29 is 14.2 Å². The number of hydrogen-bond acceptors (Lipinski definition) is 5. The molecule has 1 heterocycles. The number of hydrogen-bond donors (Lipinski definition) is 1. The molecule has 19 heavy (non-hydrogen) atoms. The van der Waals surface area contributed by atoms with Crippen LogP contribution < -0.4 is 5.73 Å². The zero-order valence-corrected chi connectivity index (χ0v) is 11.7. The summed E-state index contributed by atoms with van der Waals surface area (Å²) in [5, 5.41) is 0. The van der Waals surface area contributed by atoms with E-state index in [0.29, 0.717) is 26.4 Å². The molecule has 0 amide bonds. The number of pyridine rings is 1. The van der Waals surface area contributed by atoms with Crippen molar-refractivity contribution in [1.82, 2.24) is 4.98 Å². The van der Waals surface area contributed by atoms with E-state index in [1.807, 2.05) is 19.1 Å². The molecule has 0 fully saturated rings. The number of ether oxygens (including phenoxy) is 3. The van der Waals surface area contributed by atoms with Gasteiger partial charge < -0.3 is 19.9 Å². The van der Waals surface area contributed by atoms with Gasteiger partial charge in [0.2, 0.25) is 0 Å². The molecule has 1 aromatic rings. The lowest BCUT2D eigenvalue weighted by molar-refractivity contribution is 0.0143. The van der Waals surface area contributed by atoms with Crippen LogP contribution in [0.15, 0.2) is 24.5 Å². The predicted octanol–water partition coefficient (Wildman–Crippen LogP) is 1.54. The zero-order chi connectivity index (χ0) is 13.9. The maximum Gasteiger partial charge on any atom is 0.0974 e. The lowest BCUT2D eigenvalue weighted by Gasteiger charge is -2.21. The van der Waals surface area contributed by atoms with Crippen LogP contribution in [0.5, 0.6) is 0 Å². The SMILES string of the molecule is COCCOCCCOC(c1ccncc1)C(C)N. The Labute approximate surface area is 115 Å². The van der Waals surface area contributed by atoms with Crippen LogP contribution in [0.4, 0.5) is 0 Å². The van der Waals surface area contributed by atoms with E-state index < -0.39 is 0 Å². The Morgan fingerprint density at radius 3 is 2.53 bits per heavy atom. The van der Waals surface area contributed by atoms with E-state index >= 15 is 0 Å². The normalized spacial score (nSPS) is 14.3. The topological polar surface area (TPSA) is 66.6 Å². The first-order valence-electron chi connectivity index (χ1n) is 6.59. The highest BCUT2D eigenvalue weighted by Gasteiger charge is 2.16. The molecule has 0 bridgehead atoms. The van der Waals surface area contributed by atoms with E-state index in [0.717, 1.165) is 12.0 Å². The molecule has 2 N–H and O–H groups in total. The maximum atomic E-state index is 5.96. The van der Waals surface area contributed by atoms with Crippen molar-refractivity contribution in [2.45, 2.75) is 25.5 Å². The predicted molar refractivity (Wildman–Crippen MR) is 73.9 cm³/mol. The van der Waals surface area contributed by atoms with Crippen molar-refractivity contribution in [2.75, 3.05) is 33.5 Å². The van der Waals surface area contributed by atoms with Gasteiger partial charge in [-0.05, 0) is 31.0 Å². The van der Waals surface area contributed by atoms with Gasteiger partial charge in [-0.15, -0.1) is 0 Å². The van der Waals surface area contributed by atoms with Gasteiger partial charge >= 0.3 is 0 Å². The molecule has 2 atom stereocenters. The molecule has 1 rings (SSSR count). The minimum absolute atomic E-state index is 0.0585. The minimum Gasteiger partial charge on any atom is -0.382 e. The number of nitrogens with zero attached hydrogens (tertiary/aromatic N) is 1. The van der Waals surface area contributed by atoms with Crippen molar-refractivity contribution in [1.29, 1.82) is 0 Å². The molecule has 2 unspecified atom stereocenters. The van der Waals surface area contributed by atoms with Crippen LogP contribution >= 0.6 is 0 Å². The van der Waals surface area contributed by atoms with Crippen LogP contribution in [-0.2, 0) is 14.2 Å². The molecule has 108 valence electrons. The summed E-state index contributed by atoms with van der Waals surface area (Å²) in [5.41, 5.74) is 7.02. The van der Waals surface area contributed by atoms with E-state index in [1.54, 1.807) is 19.5 Å². The summed E-state index contributed by atoms with van der Waals surface area (Å²) in [6, 6.07) is 3.81. The smallest absolute Gasteiger partial charge is 0.0974 e. The molecule has 0 aliphatic heterocycles. The summed E-state index contributed by atoms with van der Waals surface area (Å²) in [7, 11) is 1.66. The Bertz CT molecular complexity index is 320. The summed E-state index contributed by atoms with van der Waals surface area (Å²) in [4.78, 5) is 4.00. The van der Waals surface area contributed by atoms with Crippen LogP contribution in [0.3, 0.4) is 0 Å². The summed E-state index contributed by atoms with van der Waals surface area (Å²) in [6.45, 7) is 4.49. The second-order valence-corrected chi connectivity index (χ2v) is 4.39. The van der Waals surface area contributed by atoms with Crippen LogP contribution in [0.25, 0.3) is 0 Å². The summed E-state index contributed by atoms with van der Waals surface area (Å²) in [6.07, 6.45) is 4.25. The third-order valence-corrected chi connectivity index (χ3v) is 2.67. The number of nitrogens with two attached hydrogens (primary N) is 1. The van der Waals surface area contributed by atoms with Crippen molar-refractivity contribution in [2.24, 2.45) is 5.73 Å². The maximum absolute atomic E-state index is 5.96. The molecule has 5 heteroatoms. The fourth-order valence-electron chi connectivity index (χ4n) is 1.72. The standard InChI is InChI=1S/C14H24N2O3/c1-12(15)14(13-4-6-16-7-5-13)19-9-3-8-18-11-10-17-2/h4-7,12,14H,3,8-11,15H2,1-2H3. The minimum atomic E-state index is -0.0954. The Kier molecular flexibility index (Phi) is 8.33. The lowest BCUT2D eigenvalue weighted by Crippen LogP contribution is -2.27. The third-order valence-electron chi connectivity index (χ3n) is 2.67. The van der Waals surface area contributed by atoms with Gasteiger partial charge in [0.15, 0.2) is 0 Å². The molecule has 0 saturated heterocycles. The Balaban J connectivity index is 2.24. The fraction of sp³-hybridized carbons (Fsp3) is 0.643. The number of methoxy groups -OCH3 is 1. The Morgan fingerprint density at radius 2 is 1.89 bits per heavy atom. The molecule has 5 nitrogen and oxygen atoms in total. The number of aromatic nitrogens is 1. The zero-order valence-electron chi connectivity index (χ0n) is 11.7. The van der Waals surface area contributed by atoms with Crippen molar-refractivity contribution in [3.05, 3.63) is 30.1 Å². The first-order valence-corrected chi connectivity index (χ1v) is 6.59. The first kappa shape index (κ1) is 16.0. The van der Waals surface area contributed by atoms with E-state index in [9.17, 15) is 0 Å². The summed E-state index contributed by atoms with van der Waals surface area (Å²) < 4.78 is 16.1. The van der Waals surface area contributed by atoms with Crippen LogP contribution in [0.2, 0.25) is 0 Å². The Morgan fingerprint density at radius 1 is 1.16 bits per heavy atom. The van der Waals surface area contributed by atoms with Crippen LogP contribution in [-0.4, -0.2) is 44.6 Å². The van der Waals surface area contributed by atoms with Gasteiger partial charge in [-0.3, -0.25) is 4.98 Å². The quantitative estimate of drug-likeness (QED) is 0.652. The Hall–Kier alpha value is -1.01. The molecule has 0 aromatic carbocycles. The molecular formula is C14H24N2O3. The average Bonchev–Trinajstić information content (AvgIpc) is 2.42. The van der Waals surface area contributed by atoms with Gasteiger partial charge in [0.05, 0.1) is 19.3 Å². The molecule has 0 aliphatic carbocycles. The van der Waals surface area contributed by atoms with Gasteiger partial charge in [-0.1, -0.05) is 0 Å². The largest absolute Gasteiger partial charge is 0.382 e. The highest BCUT2D eigenvalue weighted by atomic mass is 16.5. The van der Waals surface area contributed by atoms with Crippen molar-refractivity contribution in [3.8, 4) is 0 Å². The van der Waals surface area contributed by atoms with E-state index in [-0.39, 0.29) is 12.1 Å². The molecule has 0 aliphatic rings. The van der Waals surface area contributed by atoms with Gasteiger partial charge in [0, 0.05) is 38.8 Å². The van der Waals surface area contributed by atoms with E-state index in [4.69, 9.17) is 19.9 Å². The monoisotopic (exact) mass is 268 g/mol. The average molecular weight is 268 g/mol. The highest BCUT2D eigenvalue weighted by molar-refractivity contribution is 5.14. The first-order chi connectivity index (χ1) is 9.25. The number of rotatable bonds is 10. The van der Waals surface area contributed by atoms with Crippen LogP contribution in [0, 0.1) is 0 Å².